The number of aromatic nitrogens is 2. The molecule has 1 fully saturated rings. The van der Waals surface area contributed by atoms with Crippen LogP contribution in [0.15, 0.2) is 54.9 Å². The molecule has 8 nitrogen and oxygen atoms in total. The molecule has 1 atom stereocenters. The smallest absolute Gasteiger partial charge is 0.274 e. The van der Waals surface area contributed by atoms with Crippen molar-refractivity contribution in [2.45, 2.75) is 39.0 Å². The topological polar surface area (TPSA) is 85.7 Å². The van der Waals surface area contributed by atoms with Crippen molar-refractivity contribution in [2.24, 2.45) is 5.92 Å². The maximum Gasteiger partial charge on any atom is 0.274 e. The van der Waals surface area contributed by atoms with Crippen LogP contribution in [0, 0.1) is 12.8 Å². The molecule has 2 amide bonds. The zero-order valence-corrected chi connectivity index (χ0v) is 20.1. The second-order valence-electron chi connectivity index (χ2n) is 9.19. The van der Waals surface area contributed by atoms with E-state index in [1.807, 2.05) is 60.0 Å². The number of amides is 2. The number of carbonyl (C=O) groups is 2. The summed E-state index contributed by atoms with van der Waals surface area (Å²) in [4.78, 5) is 32.2. The summed E-state index contributed by atoms with van der Waals surface area (Å²) in [5.41, 5.74) is 4.26. The van der Waals surface area contributed by atoms with Crippen molar-refractivity contribution in [3.8, 4) is 5.75 Å². The van der Waals surface area contributed by atoms with Crippen LogP contribution in [0.2, 0.25) is 0 Å². The Kier molecular flexibility index (Phi) is 6.55. The molecule has 35 heavy (non-hydrogen) atoms. The Bertz CT molecular complexity index is 1190. The second-order valence-corrected chi connectivity index (χ2v) is 9.19. The summed E-state index contributed by atoms with van der Waals surface area (Å²) in [6, 6.07) is 15.6. The monoisotopic (exact) mass is 474 g/mol. The minimum Gasteiger partial charge on any atom is -0.497 e. The van der Waals surface area contributed by atoms with Crippen molar-refractivity contribution < 1.29 is 19.1 Å². The summed E-state index contributed by atoms with van der Waals surface area (Å²) >= 11 is 0. The number of aryl methyl sites for hydroxylation is 1. The zero-order valence-electron chi connectivity index (χ0n) is 20.1. The highest BCUT2D eigenvalue weighted by Crippen LogP contribution is 2.30. The van der Waals surface area contributed by atoms with E-state index >= 15 is 0 Å². The predicted molar refractivity (Wildman–Crippen MR) is 131 cm³/mol. The summed E-state index contributed by atoms with van der Waals surface area (Å²) in [5, 5.41) is 2.99. The van der Waals surface area contributed by atoms with Crippen molar-refractivity contribution in [2.75, 3.05) is 25.5 Å². The van der Waals surface area contributed by atoms with Crippen LogP contribution in [0.4, 0.5) is 5.69 Å². The summed E-state index contributed by atoms with van der Waals surface area (Å²) in [6.45, 7) is 4.01. The van der Waals surface area contributed by atoms with Gasteiger partial charge in [0.1, 0.15) is 11.9 Å². The Balaban J connectivity index is 1.18. The van der Waals surface area contributed by atoms with Gasteiger partial charge in [0.15, 0.2) is 5.69 Å². The van der Waals surface area contributed by atoms with Gasteiger partial charge in [0.25, 0.3) is 5.91 Å². The fraction of sp³-hybridized carbons (Fsp3) is 0.370. The molecule has 2 aliphatic heterocycles. The molecule has 0 aliphatic carbocycles. The molecule has 0 bridgehead atoms. The van der Waals surface area contributed by atoms with Crippen molar-refractivity contribution in [1.29, 1.82) is 0 Å². The number of imidazole rings is 1. The van der Waals surface area contributed by atoms with E-state index in [4.69, 9.17) is 9.47 Å². The van der Waals surface area contributed by atoms with Gasteiger partial charge in [-0.25, -0.2) is 4.98 Å². The minimum atomic E-state index is -0.107. The van der Waals surface area contributed by atoms with Crippen molar-refractivity contribution in [3.05, 3.63) is 77.4 Å². The van der Waals surface area contributed by atoms with Crippen molar-refractivity contribution >= 4 is 17.5 Å². The van der Waals surface area contributed by atoms with Gasteiger partial charge < -0.3 is 24.3 Å². The lowest BCUT2D eigenvalue weighted by Gasteiger charge is -2.31. The summed E-state index contributed by atoms with van der Waals surface area (Å²) in [6.07, 6.45) is 2.89. The molecule has 3 heterocycles. The third kappa shape index (κ3) is 4.93. The minimum absolute atomic E-state index is 0.0123. The molecule has 1 N–H and O–H groups in total. The van der Waals surface area contributed by atoms with Crippen LogP contribution in [0.25, 0.3) is 0 Å². The molecule has 2 aromatic carbocycles. The lowest BCUT2D eigenvalue weighted by atomic mass is 9.95. The number of likely N-dealkylation sites (tertiary alicyclic amines) is 1. The number of nitrogens with one attached hydrogen (secondary N) is 1. The van der Waals surface area contributed by atoms with Gasteiger partial charge in [0.2, 0.25) is 5.91 Å². The van der Waals surface area contributed by atoms with E-state index in [1.54, 1.807) is 18.3 Å². The second kappa shape index (κ2) is 9.92. The van der Waals surface area contributed by atoms with Gasteiger partial charge in [-0.2, -0.15) is 0 Å². The number of nitrogens with zero attached hydrogens (tertiary/aromatic N) is 3. The van der Waals surface area contributed by atoms with E-state index in [-0.39, 0.29) is 23.8 Å². The maximum absolute atomic E-state index is 13.2. The first kappa shape index (κ1) is 23.1. The number of piperidine rings is 1. The lowest BCUT2D eigenvalue weighted by molar-refractivity contribution is -0.121. The SMILES string of the molecule is COc1ccc([C@@H]2Cn3cnc(C(=O)N4CCC(C(=O)Nc5ccc(C)cc5)CC4)c3CO2)cc1. The van der Waals surface area contributed by atoms with Crippen LogP contribution in [-0.4, -0.2) is 46.5 Å². The summed E-state index contributed by atoms with van der Waals surface area (Å²) in [5.74, 6) is 0.614. The van der Waals surface area contributed by atoms with Gasteiger partial charge in [0.05, 0.1) is 32.3 Å². The van der Waals surface area contributed by atoms with E-state index < -0.39 is 0 Å². The molecule has 0 unspecified atom stereocenters. The lowest BCUT2D eigenvalue weighted by Crippen LogP contribution is -2.42. The fourth-order valence-electron chi connectivity index (χ4n) is 4.70. The Morgan fingerprint density at radius 2 is 1.77 bits per heavy atom. The van der Waals surface area contributed by atoms with E-state index in [0.717, 1.165) is 28.3 Å². The van der Waals surface area contributed by atoms with Crippen LogP contribution >= 0.6 is 0 Å². The molecule has 5 rings (SSSR count). The van der Waals surface area contributed by atoms with Gasteiger partial charge in [-0.05, 0) is 49.6 Å². The first-order valence-corrected chi connectivity index (χ1v) is 12.0. The van der Waals surface area contributed by atoms with Gasteiger partial charge in [-0.3, -0.25) is 9.59 Å². The number of hydrogen-bond acceptors (Lipinski definition) is 5. The molecular weight excluding hydrogens is 444 g/mol. The number of carbonyl (C=O) groups excluding carboxylic acids is 2. The third-order valence-corrected chi connectivity index (χ3v) is 6.89. The Morgan fingerprint density at radius 1 is 1.06 bits per heavy atom. The van der Waals surface area contributed by atoms with Crippen LogP contribution in [0.5, 0.6) is 5.75 Å². The fourth-order valence-corrected chi connectivity index (χ4v) is 4.70. The van der Waals surface area contributed by atoms with Gasteiger partial charge >= 0.3 is 0 Å². The quantitative estimate of drug-likeness (QED) is 0.605. The summed E-state index contributed by atoms with van der Waals surface area (Å²) in [7, 11) is 1.64. The van der Waals surface area contributed by atoms with Crippen LogP contribution in [0.3, 0.4) is 0 Å². The number of ether oxygens (including phenoxy) is 2. The molecule has 8 heteroatoms. The Morgan fingerprint density at radius 3 is 2.46 bits per heavy atom. The van der Waals surface area contributed by atoms with Crippen LogP contribution in [0.1, 0.15) is 46.3 Å². The molecule has 1 saturated heterocycles. The molecule has 0 spiro atoms. The predicted octanol–water partition coefficient (Wildman–Crippen LogP) is 3.96. The van der Waals surface area contributed by atoms with E-state index in [2.05, 4.69) is 10.3 Å². The number of fused-ring (bicyclic) bond motifs is 1. The Labute approximate surface area is 204 Å². The zero-order chi connectivity index (χ0) is 24.4. The molecule has 1 aromatic heterocycles. The number of methoxy groups -OCH3 is 1. The van der Waals surface area contributed by atoms with Gasteiger partial charge in [-0.1, -0.05) is 29.8 Å². The van der Waals surface area contributed by atoms with Gasteiger partial charge in [-0.15, -0.1) is 0 Å². The van der Waals surface area contributed by atoms with Crippen LogP contribution < -0.4 is 10.1 Å². The number of anilines is 1. The largest absolute Gasteiger partial charge is 0.497 e. The van der Waals surface area contributed by atoms with Crippen molar-refractivity contribution in [1.82, 2.24) is 14.5 Å². The molecular formula is C27H30N4O4. The highest BCUT2D eigenvalue weighted by molar-refractivity contribution is 5.95. The standard InChI is InChI=1S/C27H30N4O4/c1-18-3-7-21(8-4-18)29-26(32)20-11-13-30(14-12-20)27(33)25-23-16-35-24(15-31(23)17-28-25)19-5-9-22(34-2)10-6-19/h3-10,17,20,24H,11-16H2,1-2H3,(H,29,32)/t24-/m0/s1. The highest BCUT2D eigenvalue weighted by atomic mass is 16.5. The van der Waals surface area contributed by atoms with Crippen LogP contribution in [-0.2, 0) is 22.7 Å². The van der Waals surface area contributed by atoms with Crippen molar-refractivity contribution in [3.63, 3.8) is 0 Å². The molecule has 0 radical (unpaired) electrons. The van der Waals surface area contributed by atoms with E-state index in [1.165, 1.54) is 0 Å². The molecule has 182 valence electrons. The van der Waals surface area contributed by atoms with Gasteiger partial charge in [0, 0.05) is 24.7 Å². The highest BCUT2D eigenvalue weighted by Gasteiger charge is 2.32. The average molecular weight is 475 g/mol. The first-order valence-electron chi connectivity index (χ1n) is 12.0. The molecule has 0 saturated carbocycles. The van der Waals surface area contributed by atoms with E-state index in [0.29, 0.717) is 44.8 Å². The normalized spacial score (nSPS) is 18.1. The Hall–Kier alpha value is -3.65. The molecule has 2 aliphatic rings. The number of benzene rings is 2. The molecule has 3 aromatic rings. The summed E-state index contributed by atoms with van der Waals surface area (Å²) < 4.78 is 13.3. The van der Waals surface area contributed by atoms with E-state index in [9.17, 15) is 9.59 Å². The number of rotatable bonds is 5. The maximum atomic E-state index is 13.2. The average Bonchev–Trinajstić information content (AvgIpc) is 3.33. The third-order valence-electron chi connectivity index (χ3n) is 6.89. The first-order chi connectivity index (χ1) is 17.0. The number of hydrogen-bond donors (Lipinski definition) is 1.